The van der Waals surface area contributed by atoms with Gasteiger partial charge in [0.2, 0.25) is 0 Å². The van der Waals surface area contributed by atoms with Crippen LogP contribution in [-0.2, 0) is 4.79 Å². The number of imide groups is 2. The van der Waals surface area contributed by atoms with Gasteiger partial charge < -0.3 is 5.11 Å². The molecule has 0 spiro atoms. The summed E-state index contributed by atoms with van der Waals surface area (Å²) in [7, 11) is 0. The van der Waals surface area contributed by atoms with Crippen molar-refractivity contribution in [3.63, 3.8) is 0 Å². The Balaban J connectivity index is 1.16. The molecule has 7 rings (SSSR count). The number of hydrogen-bond donors (Lipinski definition) is 1. The molecule has 2 aliphatic rings. The second-order valence-corrected chi connectivity index (χ2v) is 16.2. The third-order valence-corrected chi connectivity index (χ3v) is 12.4. The molecule has 1 N–H and O–H groups in total. The Labute approximate surface area is 329 Å². The Kier molecular flexibility index (Phi) is 12.3. The fourth-order valence-electron chi connectivity index (χ4n) is 9.49. The lowest BCUT2D eigenvalue weighted by molar-refractivity contribution is -0.137. The van der Waals surface area contributed by atoms with E-state index in [1.807, 2.05) is 48.5 Å². The van der Waals surface area contributed by atoms with Gasteiger partial charge in [-0.1, -0.05) is 128 Å². The maximum absolute atomic E-state index is 14.4. The van der Waals surface area contributed by atoms with Gasteiger partial charge in [-0.15, -0.1) is 0 Å². The summed E-state index contributed by atoms with van der Waals surface area (Å²) in [4.78, 5) is 70.5. The van der Waals surface area contributed by atoms with Crippen molar-refractivity contribution >= 4 is 72.7 Å². The van der Waals surface area contributed by atoms with Crippen molar-refractivity contribution in [3.8, 4) is 0 Å². The molecule has 0 bridgehead atoms. The summed E-state index contributed by atoms with van der Waals surface area (Å²) in [6.45, 7) is 4.75. The minimum absolute atomic E-state index is 0.126. The number of rotatable bonds is 22. The van der Waals surface area contributed by atoms with Crippen LogP contribution in [-0.4, -0.2) is 57.1 Å². The summed E-state index contributed by atoms with van der Waals surface area (Å²) >= 11 is 0. The first-order valence-electron chi connectivity index (χ1n) is 21.4. The molecule has 0 aliphatic carbocycles. The highest BCUT2D eigenvalue weighted by Crippen LogP contribution is 2.46. The van der Waals surface area contributed by atoms with Gasteiger partial charge in [-0.2, -0.15) is 0 Å². The molecule has 5 aromatic carbocycles. The van der Waals surface area contributed by atoms with E-state index in [0.717, 1.165) is 148 Å². The monoisotopic (exact) mass is 756 g/mol. The molecule has 2 heterocycles. The molecule has 0 aromatic heterocycles. The zero-order chi connectivity index (χ0) is 39.3. The molecule has 8 heteroatoms. The van der Waals surface area contributed by atoms with Gasteiger partial charge in [0.05, 0.1) is 0 Å². The van der Waals surface area contributed by atoms with Crippen molar-refractivity contribution in [1.29, 1.82) is 0 Å². The first-order valence-corrected chi connectivity index (χ1v) is 21.4. The smallest absolute Gasteiger partial charge is 0.303 e. The van der Waals surface area contributed by atoms with Crippen LogP contribution in [0, 0.1) is 0 Å². The van der Waals surface area contributed by atoms with E-state index in [9.17, 15) is 24.0 Å². The van der Waals surface area contributed by atoms with E-state index in [2.05, 4.69) is 13.8 Å². The van der Waals surface area contributed by atoms with Crippen LogP contribution in [0.25, 0.3) is 43.1 Å². The van der Waals surface area contributed by atoms with Gasteiger partial charge in [-0.05, 0) is 82.3 Å². The number of nitrogens with zero attached hydrogens (tertiary/aromatic N) is 2. The molecule has 5 aromatic rings. The molecule has 0 atom stereocenters. The summed E-state index contributed by atoms with van der Waals surface area (Å²) in [5.41, 5.74) is 2.19. The highest BCUT2D eigenvalue weighted by molar-refractivity contribution is 6.41. The van der Waals surface area contributed by atoms with Gasteiger partial charge >= 0.3 is 5.97 Å². The van der Waals surface area contributed by atoms with Crippen molar-refractivity contribution in [1.82, 2.24) is 9.80 Å². The van der Waals surface area contributed by atoms with Gasteiger partial charge in [-0.25, -0.2) is 0 Å². The molecule has 56 heavy (non-hydrogen) atoms. The molecular formula is C48H56N2O6. The van der Waals surface area contributed by atoms with Gasteiger partial charge in [-0.3, -0.25) is 33.8 Å². The Morgan fingerprint density at radius 1 is 0.482 bits per heavy atom. The summed E-state index contributed by atoms with van der Waals surface area (Å²) < 4.78 is 0. The number of amides is 4. The number of aliphatic carboxylic acids is 1. The molecule has 0 radical (unpaired) electrons. The molecule has 4 amide bonds. The van der Waals surface area contributed by atoms with E-state index in [4.69, 9.17) is 5.11 Å². The second kappa shape index (κ2) is 17.5. The normalized spacial score (nSPS) is 14.3. The number of benzene rings is 5. The predicted molar refractivity (Wildman–Crippen MR) is 224 cm³/mol. The molecule has 8 nitrogen and oxygen atoms in total. The maximum Gasteiger partial charge on any atom is 0.303 e. The second-order valence-electron chi connectivity index (χ2n) is 16.2. The van der Waals surface area contributed by atoms with Gasteiger partial charge in [0, 0.05) is 52.0 Å². The quantitative estimate of drug-likeness (QED) is 0.0326. The van der Waals surface area contributed by atoms with Crippen molar-refractivity contribution in [2.75, 3.05) is 6.54 Å². The van der Waals surface area contributed by atoms with E-state index in [1.54, 1.807) is 4.90 Å². The topological polar surface area (TPSA) is 112 Å². The number of hydrogen-bond acceptors (Lipinski definition) is 5. The van der Waals surface area contributed by atoms with E-state index in [1.165, 1.54) is 4.90 Å². The van der Waals surface area contributed by atoms with Crippen LogP contribution in [0.1, 0.15) is 177 Å². The van der Waals surface area contributed by atoms with Crippen LogP contribution >= 0.6 is 0 Å². The summed E-state index contributed by atoms with van der Waals surface area (Å²) in [5, 5.41) is 15.6. The summed E-state index contributed by atoms with van der Waals surface area (Å²) in [6, 6.07) is 15.3. The van der Waals surface area contributed by atoms with Gasteiger partial charge in [0.1, 0.15) is 0 Å². The number of unbranched alkanes of at least 4 members (excludes halogenated alkanes) is 13. The molecule has 0 saturated heterocycles. The molecule has 2 aliphatic heterocycles. The highest BCUT2D eigenvalue weighted by atomic mass is 16.4. The van der Waals surface area contributed by atoms with Crippen molar-refractivity contribution in [3.05, 3.63) is 70.8 Å². The third kappa shape index (κ3) is 7.39. The van der Waals surface area contributed by atoms with Crippen LogP contribution in [0.4, 0.5) is 0 Å². The summed E-state index contributed by atoms with van der Waals surface area (Å²) in [5.74, 6) is -1.69. The molecule has 294 valence electrons. The number of fused-ring (bicyclic) bond motifs is 2. The molecule has 0 unspecified atom stereocenters. The third-order valence-electron chi connectivity index (χ3n) is 12.4. The first kappa shape index (κ1) is 39.4. The fraction of sp³-hybridized carbons (Fsp3) is 0.479. The Morgan fingerprint density at radius 3 is 1.27 bits per heavy atom. The lowest BCUT2D eigenvalue weighted by atomic mass is 9.82. The van der Waals surface area contributed by atoms with Gasteiger partial charge in [0.25, 0.3) is 23.6 Å². The Hall–Kier alpha value is -4.85. The van der Waals surface area contributed by atoms with Crippen LogP contribution in [0.5, 0.6) is 0 Å². The number of carbonyl (C=O) groups excluding carboxylic acids is 4. The fourth-order valence-corrected chi connectivity index (χ4v) is 9.49. The van der Waals surface area contributed by atoms with E-state index < -0.39 is 5.97 Å². The maximum atomic E-state index is 14.4. The van der Waals surface area contributed by atoms with Crippen LogP contribution < -0.4 is 0 Å². The number of carboxylic acid groups (broad SMARTS) is 1. The standard InChI is InChI=1S/C48H56N2O6/c1-3-5-7-15-19-31(20-16-8-6-4-2)50-47(55)38-28-24-34-32-22-26-36-43-37(27-23-33(41(32)43)35-25-29-39(48(50)56)44(38)42(34)35)46(54)49(45(36)53)30-18-14-12-10-9-11-13-17-21-40(51)52/h22-29,31H,3-21,30H2,1-2H3,(H,51,52). The van der Waals surface area contributed by atoms with E-state index in [-0.39, 0.29) is 36.1 Å². The molecular weight excluding hydrogens is 701 g/mol. The lowest BCUT2D eigenvalue weighted by Crippen LogP contribution is -2.47. The van der Waals surface area contributed by atoms with E-state index >= 15 is 0 Å². The lowest BCUT2D eigenvalue weighted by Gasteiger charge is -2.35. The zero-order valence-electron chi connectivity index (χ0n) is 33.2. The largest absolute Gasteiger partial charge is 0.481 e. The number of carboxylic acids is 1. The number of carbonyl (C=O) groups is 5. The summed E-state index contributed by atoms with van der Waals surface area (Å²) in [6.07, 6.45) is 18.1. The van der Waals surface area contributed by atoms with Crippen LogP contribution in [0.15, 0.2) is 48.5 Å². The Bertz CT molecular complexity index is 2160. The molecule has 0 saturated carbocycles. The van der Waals surface area contributed by atoms with Crippen LogP contribution in [0.3, 0.4) is 0 Å². The van der Waals surface area contributed by atoms with E-state index in [0.29, 0.717) is 39.6 Å². The average molecular weight is 757 g/mol. The molecule has 0 fully saturated rings. The minimum atomic E-state index is -0.741. The van der Waals surface area contributed by atoms with Crippen molar-refractivity contribution in [2.24, 2.45) is 0 Å². The van der Waals surface area contributed by atoms with Gasteiger partial charge in [0.15, 0.2) is 0 Å². The Morgan fingerprint density at radius 2 is 0.857 bits per heavy atom. The average Bonchev–Trinajstić information content (AvgIpc) is 3.20. The van der Waals surface area contributed by atoms with Crippen LogP contribution in [0.2, 0.25) is 0 Å². The predicted octanol–water partition coefficient (Wildman–Crippen LogP) is 11.8. The minimum Gasteiger partial charge on any atom is -0.481 e. The SMILES string of the molecule is CCCCCCC(CCCCCC)N1C(=O)c2ccc3c4ccc5c6c(ccc(c7ccc(c2c37)C1=O)c64)C(=O)N(CCCCCCCCCCC(=O)O)C5=O. The first-order chi connectivity index (χ1) is 27.3. The van der Waals surface area contributed by atoms with Crippen molar-refractivity contribution in [2.45, 2.75) is 142 Å². The highest BCUT2D eigenvalue weighted by Gasteiger charge is 2.39. The van der Waals surface area contributed by atoms with Crippen molar-refractivity contribution < 1.29 is 29.1 Å². The zero-order valence-corrected chi connectivity index (χ0v) is 33.2.